The molecule has 0 unspecified atom stereocenters. The lowest BCUT2D eigenvalue weighted by Crippen LogP contribution is -2.41. The molecule has 112 valence electrons. The molecule has 6 nitrogen and oxygen atoms in total. The highest BCUT2D eigenvalue weighted by Crippen LogP contribution is 2.24. The normalized spacial score (nSPS) is 17.4. The molecule has 1 heterocycles. The fourth-order valence-electron chi connectivity index (χ4n) is 2.40. The van der Waals surface area contributed by atoms with Crippen molar-refractivity contribution in [1.29, 1.82) is 0 Å². The van der Waals surface area contributed by atoms with E-state index >= 15 is 0 Å². The number of halogens is 1. The monoisotopic (exact) mass is 318 g/mol. The maximum Gasteiger partial charge on any atom is 0.303 e. The van der Waals surface area contributed by atoms with Crippen molar-refractivity contribution in [3.8, 4) is 0 Å². The third-order valence-corrected chi connectivity index (χ3v) is 5.20. The SMILES string of the molecule is Cc1cc(Cl)nc(NS(=O)(=O)N(C)C2CCCCC2)n1. The molecule has 1 fully saturated rings. The number of anilines is 1. The highest BCUT2D eigenvalue weighted by molar-refractivity contribution is 7.90. The standard InChI is InChI=1S/C12H19ClN4O2S/c1-9-8-11(13)15-12(14-9)16-20(18,19)17(2)10-6-4-3-5-7-10/h8,10H,3-7H2,1-2H3,(H,14,15,16). The van der Waals surface area contributed by atoms with Gasteiger partial charge in [-0.15, -0.1) is 0 Å². The summed E-state index contributed by atoms with van der Waals surface area (Å²) in [6.45, 7) is 1.73. The van der Waals surface area contributed by atoms with Gasteiger partial charge in [-0.25, -0.2) is 14.7 Å². The van der Waals surface area contributed by atoms with Crippen LogP contribution >= 0.6 is 11.6 Å². The van der Waals surface area contributed by atoms with Crippen LogP contribution in [-0.4, -0.2) is 35.8 Å². The lowest BCUT2D eigenvalue weighted by molar-refractivity contribution is 0.287. The molecule has 1 saturated carbocycles. The largest absolute Gasteiger partial charge is 0.303 e. The van der Waals surface area contributed by atoms with Crippen LogP contribution in [0.3, 0.4) is 0 Å². The van der Waals surface area contributed by atoms with E-state index in [4.69, 9.17) is 11.6 Å². The van der Waals surface area contributed by atoms with Gasteiger partial charge in [0.25, 0.3) is 0 Å². The Balaban J connectivity index is 2.13. The van der Waals surface area contributed by atoms with E-state index in [9.17, 15) is 8.42 Å². The molecule has 8 heteroatoms. The lowest BCUT2D eigenvalue weighted by atomic mass is 9.96. The zero-order valence-electron chi connectivity index (χ0n) is 11.6. The Labute approximate surface area is 124 Å². The predicted molar refractivity (Wildman–Crippen MR) is 79.0 cm³/mol. The second-order valence-electron chi connectivity index (χ2n) is 5.07. The quantitative estimate of drug-likeness (QED) is 0.865. The third-order valence-electron chi connectivity index (χ3n) is 3.51. The number of aryl methyl sites for hydroxylation is 1. The van der Waals surface area contributed by atoms with Crippen LogP contribution < -0.4 is 4.72 Å². The van der Waals surface area contributed by atoms with Crippen molar-refractivity contribution in [3.63, 3.8) is 0 Å². The zero-order valence-corrected chi connectivity index (χ0v) is 13.2. The van der Waals surface area contributed by atoms with E-state index in [1.165, 1.54) is 10.7 Å². The van der Waals surface area contributed by atoms with Gasteiger partial charge >= 0.3 is 10.2 Å². The van der Waals surface area contributed by atoms with Gasteiger partial charge in [-0.1, -0.05) is 30.9 Å². The van der Waals surface area contributed by atoms with Crippen LogP contribution in [0.5, 0.6) is 0 Å². The van der Waals surface area contributed by atoms with Gasteiger partial charge in [0.2, 0.25) is 5.95 Å². The Hall–Kier alpha value is -0.920. The summed E-state index contributed by atoms with van der Waals surface area (Å²) < 4.78 is 28.4. The molecule has 0 aliphatic heterocycles. The Morgan fingerprint density at radius 2 is 1.95 bits per heavy atom. The van der Waals surface area contributed by atoms with Gasteiger partial charge in [-0.05, 0) is 25.8 Å². The van der Waals surface area contributed by atoms with Crippen LogP contribution in [0.4, 0.5) is 5.95 Å². The Morgan fingerprint density at radius 3 is 2.55 bits per heavy atom. The van der Waals surface area contributed by atoms with E-state index in [0.717, 1.165) is 25.7 Å². The maximum absolute atomic E-state index is 12.3. The minimum Gasteiger partial charge on any atom is -0.238 e. The summed E-state index contributed by atoms with van der Waals surface area (Å²) in [7, 11) is -2.05. The molecule has 0 spiro atoms. The van der Waals surface area contributed by atoms with Crippen LogP contribution in [0.2, 0.25) is 5.15 Å². The van der Waals surface area contributed by atoms with Gasteiger partial charge in [-0.2, -0.15) is 12.7 Å². The van der Waals surface area contributed by atoms with Gasteiger partial charge in [0.05, 0.1) is 0 Å². The first kappa shape index (κ1) is 15.5. The van der Waals surface area contributed by atoms with E-state index in [2.05, 4.69) is 14.7 Å². The van der Waals surface area contributed by atoms with E-state index < -0.39 is 10.2 Å². The van der Waals surface area contributed by atoms with Crippen molar-refractivity contribution < 1.29 is 8.42 Å². The summed E-state index contributed by atoms with van der Waals surface area (Å²) in [4.78, 5) is 7.92. The first-order valence-electron chi connectivity index (χ1n) is 6.65. The number of aromatic nitrogens is 2. The number of nitrogens with zero attached hydrogens (tertiary/aromatic N) is 3. The van der Waals surface area contributed by atoms with E-state index in [1.54, 1.807) is 20.0 Å². The number of rotatable bonds is 4. The Kier molecular flexibility index (Phi) is 4.82. The molecule has 0 aromatic carbocycles. The van der Waals surface area contributed by atoms with Crippen LogP contribution in [0.15, 0.2) is 6.07 Å². The Morgan fingerprint density at radius 1 is 1.30 bits per heavy atom. The lowest BCUT2D eigenvalue weighted by Gasteiger charge is -2.30. The summed E-state index contributed by atoms with van der Waals surface area (Å²) in [5.74, 6) is 0.0117. The second-order valence-corrected chi connectivity index (χ2v) is 7.19. The van der Waals surface area contributed by atoms with Gasteiger partial charge in [0, 0.05) is 18.8 Å². The van der Waals surface area contributed by atoms with Crippen LogP contribution in [-0.2, 0) is 10.2 Å². The number of nitrogens with one attached hydrogen (secondary N) is 1. The van der Waals surface area contributed by atoms with Gasteiger partial charge in [0.1, 0.15) is 5.15 Å². The summed E-state index contributed by atoms with van der Waals surface area (Å²) in [6.07, 6.45) is 5.10. The van der Waals surface area contributed by atoms with Crippen molar-refractivity contribution in [2.24, 2.45) is 0 Å². The minimum atomic E-state index is -3.65. The molecule has 20 heavy (non-hydrogen) atoms. The van der Waals surface area contributed by atoms with Gasteiger partial charge in [-0.3, -0.25) is 0 Å². The van der Waals surface area contributed by atoms with E-state index in [1.807, 2.05) is 0 Å². The molecule has 1 N–H and O–H groups in total. The highest BCUT2D eigenvalue weighted by atomic mass is 35.5. The fourth-order valence-corrected chi connectivity index (χ4v) is 3.71. The van der Waals surface area contributed by atoms with Crippen molar-refractivity contribution >= 4 is 27.8 Å². The molecule has 0 saturated heterocycles. The van der Waals surface area contributed by atoms with Crippen LogP contribution in [0, 0.1) is 6.92 Å². The maximum atomic E-state index is 12.3. The molecule has 0 radical (unpaired) electrons. The molecule has 1 aromatic rings. The van der Waals surface area contributed by atoms with Gasteiger partial charge in [0.15, 0.2) is 0 Å². The number of hydrogen-bond donors (Lipinski definition) is 1. The summed E-state index contributed by atoms with van der Waals surface area (Å²) in [5.41, 5.74) is 0.614. The molecule has 1 aliphatic rings. The smallest absolute Gasteiger partial charge is 0.238 e. The number of hydrogen-bond acceptors (Lipinski definition) is 4. The van der Waals surface area contributed by atoms with Crippen molar-refractivity contribution in [3.05, 3.63) is 16.9 Å². The van der Waals surface area contributed by atoms with Crippen molar-refractivity contribution in [2.45, 2.75) is 45.1 Å². The molecule has 2 rings (SSSR count). The molecule has 0 amide bonds. The average molecular weight is 319 g/mol. The predicted octanol–water partition coefficient (Wildman–Crippen LogP) is 2.36. The molecule has 1 aliphatic carbocycles. The molecular weight excluding hydrogens is 300 g/mol. The summed E-state index contributed by atoms with van der Waals surface area (Å²) in [6, 6.07) is 1.62. The van der Waals surface area contributed by atoms with E-state index in [0.29, 0.717) is 5.69 Å². The zero-order chi connectivity index (χ0) is 14.8. The minimum absolute atomic E-state index is 0.0117. The van der Waals surface area contributed by atoms with Crippen molar-refractivity contribution in [2.75, 3.05) is 11.8 Å². The topological polar surface area (TPSA) is 75.2 Å². The molecule has 1 aromatic heterocycles. The fraction of sp³-hybridized carbons (Fsp3) is 0.667. The van der Waals surface area contributed by atoms with Crippen LogP contribution in [0.1, 0.15) is 37.8 Å². The molecular formula is C12H19ClN4O2S. The van der Waals surface area contributed by atoms with Crippen molar-refractivity contribution in [1.82, 2.24) is 14.3 Å². The summed E-state index contributed by atoms with van der Waals surface area (Å²) >= 11 is 5.81. The molecule has 0 atom stereocenters. The summed E-state index contributed by atoms with van der Waals surface area (Å²) in [5, 5.41) is 0.218. The first-order chi connectivity index (χ1) is 9.38. The average Bonchev–Trinajstić information content (AvgIpc) is 2.37. The van der Waals surface area contributed by atoms with Crippen LogP contribution in [0.25, 0.3) is 0 Å². The third kappa shape index (κ3) is 3.80. The first-order valence-corrected chi connectivity index (χ1v) is 8.47. The van der Waals surface area contributed by atoms with Gasteiger partial charge < -0.3 is 0 Å². The molecule has 0 bridgehead atoms. The second kappa shape index (κ2) is 6.24. The Bertz CT molecular complexity index is 553. The highest BCUT2D eigenvalue weighted by Gasteiger charge is 2.28. The van der Waals surface area contributed by atoms with E-state index in [-0.39, 0.29) is 17.1 Å².